The van der Waals surface area contributed by atoms with Gasteiger partial charge in [0.1, 0.15) is 0 Å². The van der Waals surface area contributed by atoms with Crippen molar-refractivity contribution in [2.45, 2.75) is 53.4 Å². The molecular weight excluding hydrogens is 256 g/mol. The second kappa shape index (κ2) is 17.4. The Balaban J connectivity index is 0. The van der Waals surface area contributed by atoms with Crippen LogP contribution in [-0.2, 0) is 19.1 Å². The van der Waals surface area contributed by atoms with E-state index in [1.165, 1.54) is 13.8 Å². The van der Waals surface area contributed by atoms with Crippen LogP contribution >= 0.6 is 0 Å². The number of esters is 2. The van der Waals surface area contributed by atoms with Crippen LogP contribution in [0.4, 0.5) is 0 Å². The van der Waals surface area contributed by atoms with Crippen molar-refractivity contribution in [3.63, 3.8) is 0 Å². The standard InChI is InChI=1S/2C8H14O2/c2*1-3-4-5-6-7-10-8(2)9/h2*4-5H,3,6-7H2,1-2H3/b5-4-;. The molecule has 20 heavy (non-hydrogen) atoms. The van der Waals surface area contributed by atoms with Crippen molar-refractivity contribution in [3.8, 4) is 0 Å². The van der Waals surface area contributed by atoms with E-state index >= 15 is 0 Å². The molecule has 0 spiro atoms. The van der Waals surface area contributed by atoms with Crippen LogP contribution in [0.3, 0.4) is 0 Å². The summed E-state index contributed by atoms with van der Waals surface area (Å²) in [6.45, 7) is 8.00. The Bertz CT molecular complexity index is 263. The lowest BCUT2D eigenvalue weighted by Crippen LogP contribution is -1.98. The van der Waals surface area contributed by atoms with Gasteiger partial charge in [0.2, 0.25) is 0 Å². The second-order valence-corrected chi connectivity index (χ2v) is 4.02. The molecule has 116 valence electrons. The van der Waals surface area contributed by atoms with Crippen molar-refractivity contribution in [1.29, 1.82) is 0 Å². The SMILES string of the molecule is CC/C=C\CCOC(C)=O.CCC=CCCOC(C)=O. The first kappa shape index (κ1) is 20.7. The zero-order valence-corrected chi connectivity index (χ0v) is 13.2. The number of carbonyl (C=O) groups excluding carboxylic acids is 2. The molecule has 0 rings (SSSR count). The van der Waals surface area contributed by atoms with E-state index in [1.54, 1.807) is 0 Å². The van der Waals surface area contributed by atoms with E-state index in [1.807, 2.05) is 12.2 Å². The largest absolute Gasteiger partial charge is 0.466 e. The van der Waals surface area contributed by atoms with Gasteiger partial charge in [0.05, 0.1) is 13.2 Å². The van der Waals surface area contributed by atoms with E-state index in [2.05, 4.69) is 26.0 Å². The first-order chi connectivity index (χ1) is 9.54. The van der Waals surface area contributed by atoms with Crippen LogP contribution in [0.25, 0.3) is 0 Å². The predicted molar refractivity (Wildman–Crippen MR) is 81.4 cm³/mol. The Morgan fingerprint density at radius 3 is 1.35 bits per heavy atom. The maximum Gasteiger partial charge on any atom is 0.302 e. The van der Waals surface area contributed by atoms with Gasteiger partial charge in [-0.3, -0.25) is 9.59 Å². The monoisotopic (exact) mass is 284 g/mol. The van der Waals surface area contributed by atoms with Crippen LogP contribution in [-0.4, -0.2) is 25.2 Å². The maximum atomic E-state index is 10.2. The minimum Gasteiger partial charge on any atom is -0.466 e. The van der Waals surface area contributed by atoms with Crippen LogP contribution in [0.2, 0.25) is 0 Å². The molecule has 4 nitrogen and oxygen atoms in total. The highest BCUT2D eigenvalue weighted by molar-refractivity contribution is 5.66. The summed E-state index contributed by atoms with van der Waals surface area (Å²) in [5.74, 6) is -0.408. The van der Waals surface area contributed by atoms with E-state index in [4.69, 9.17) is 9.47 Å². The van der Waals surface area contributed by atoms with E-state index in [-0.39, 0.29) is 11.9 Å². The van der Waals surface area contributed by atoms with Gasteiger partial charge < -0.3 is 9.47 Å². The number of hydrogen-bond acceptors (Lipinski definition) is 4. The third-order valence-corrected chi connectivity index (χ3v) is 1.98. The molecule has 0 N–H and O–H groups in total. The Labute approximate surface area is 122 Å². The van der Waals surface area contributed by atoms with Gasteiger partial charge in [0.25, 0.3) is 0 Å². The van der Waals surface area contributed by atoms with Gasteiger partial charge in [0, 0.05) is 13.8 Å². The summed E-state index contributed by atoms with van der Waals surface area (Å²) >= 11 is 0. The van der Waals surface area contributed by atoms with Crippen LogP contribution in [0.1, 0.15) is 53.4 Å². The molecule has 0 saturated heterocycles. The average molecular weight is 284 g/mol. The molecule has 0 saturated carbocycles. The van der Waals surface area contributed by atoms with Crippen molar-refractivity contribution in [2.75, 3.05) is 13.2 Å². The third-order valence-electron chi connectivity index (χ3n) is 1.98. The predicted octanol–water partition coefficient (Wildman–Crippen LogP) is 3.81. The summed E-state index contributed by atoms with van der Waals surface area (Å²) in [7, 11) is 0. The zero-order valence-electron chi connectivity index (χ0n) is 13.2. The summed E-state index contributed by atoms with van der Waals surface area (Å²) in [6, 6.07) is 0. The van der Waals surface area contributed by atoms with E-state index in [9.17, 15) is 9.59 Å². The van der Waals surface area contributed by atoms with Crippen LogP contribution in [0.5, 0.6) is 0 Å². The molecule has 0 aromatic rings. The number of rotatable bonds is 8. The maximum absolute atomic E-state index is 10.2. The first-order valence-electron chi connectivity index (χ1n) is 7.11. The molecule has 0 amide bonds. The molecule has 0 atom stereocenters. The molecule has 0 aliphatic rings. The van der Waals surface area contributed by atoms with Gasteiger partial charge in [0.15, 0.2) is 0 Å². The van der Waals surface area contributed by atoms with Crippen molar-refractivity contribution >= 4 is 11.9 Å². The molecule has 0 fully saturated rings. The molecular formula is C16H28O4. The molecule has 0 aromatic carbocycles. The fourth-order valence-electron chi connectivity index (χ4n) is 1.11. The Hall–Kier alpha value is -1.58. The minimum absolute atomic E-state index is 0.204. The fraction of sp³-hybridized carbons (Fsp3) is 0.625. The summed E-state index contributed by atoms with van der Waals surface area (Å²) in [5, 5.41) is 0. The number of carbonyl (C=O) groups is 2. The van der Waals surface area contributed by atoms with Gasteiger partial charge in [-0.2, -0.15) is 0 Å². The van der Waals surface area contributed by atoms with Crippen LogP contribution in [0, 0.1) is 0 Å². The molecule has 0 radical (unpaired) electrons. The van der Waals surface area contributed by atoms with Crippen LogP contribution < -0.4 is 0 Å². The summed E-state index contributed by atoms with van der Waals surface area (Å²) < 4.78 is 9.40. The normalized spacial score (nSPS) is 10.2. The van der Waals surface area contributed by atoms with E-state index in [0.29, 0.717) is 13.2 Å². The Morgan fingerprint density at radius 1 is 0.750 bits per heavy atom. The smallest absolute Gasteiger partial charge is 0.302 e. The van der Waals surface area contributed by atoms with E-state index < -0.39 is 0 Å². The fourth-order valence-corrected chi connectivity index (χ4v) is 1.11. The lowest BCUT2D eigenvalue weighted by Gasteiger charge is -1.95. The van der Waals surface area contributed by atoms with Gasteiger partial charge in [-0.1, -0.05) is 38.2 Å². The Morgan fingerprint density at radius 2 is 1.10 bits per heavy atom. The van der Waals surface area contributed by atoms with Gasteiger partial charge in [-0.15, -0.1) is 0 Å². The number of hydrogen-bond donors (Lipinski definition) is 0. The molecule has 0 aromatic heterocycles. The van der Waals surface area contributed by atoms with E-state index in [0.717, 1.165) is 25.7 Å². The zero-order chi connectivity index (χ0) is 15.6. The summed E-state index contributed by atoms with van der Waals surface area (Å²) in [5.41, 5.74) is 0. The molecule has 0 aliphatic carbocycles. The Kier molecular flexibility index (Phi) is 18.1. The van der Waals surface area contributed by atoms with Crippen LogP contribution in [0.15, 0.2) is 24.3 Å². The summed E-state index contributed by atoms with van der Waals surface area (Å²) in [4.78, 5) is 20.5. The summed E-state index contributed by atoms with van der Waals surface area (Å²) in [6.07, 6.45) is 11.9. The third kappa shape index (κ3) is 25.3. The van der Waals surface area contributed by atoms with Crippen molar-refractivity contribution in [3.05, 3.63) is 24.3 Å². The molecule has 0 bridgehead atoms. The minimum atomic E-state index is -0.204. The van der Waals surface area contributed by atoms with Gasteiger partial charge >= 0.3 is 11.9 Å². The highest BCUT2D eigenvalue weighted by Crippen LogP contribution is 1.88. The lowest BCUT2D eigenvalue weighted by molar-refractivity contribution is -0.141. The number of ether oxygens (including phenoxy) is 2. The van der Waals surface area contributed by atoms with Crippen molar-refractivity contribution in [1.82, 2.24) is 0 Å². The van der Waals surface area contributed by atoms with Crippen molar-refractivity contribution < 1.29 is 19.1 Å². The van der Waals surface area contributed by atoms with Gasteiger partial charge in [-0.25, -0.2) is 0 Å². The molecule has 0 heterocycles. The first-order valence-corrected chi connectivity index (χ1v) is 7.11. The van der Waals surface area contributed by atoms with Crippen molar-refractivity contribution in [2.24, 2.45) is 0 Å². The molecule has 0 unspecified atom stereocenters. The lowest BCUT2D eigenvalue weighted by atomic mass is 10.3. The second-order valence-electron chi connectivity index (χ2n) is 4.02. The average Bonchev–Trinajstić information content (AvgIpc) is 2.38. The number of allylic oxidation sites excluding steroid dienone is 2. The topological polar surface area (TPSA) is 52.6 Å². The highest BCUT2D eigenvalue weighted by Gasteiger charge is 1.88. The molecule has 4 heteroatoms. The van der Waals surface area contributed by atoms with Gasteiger partial charge in [-0.05, 0) is 25.7 Å². The quantitative estimate of drug-likeness (QED) is 0.386. The highest BCUT2D eigenvalue weighted by atomic mass is 16.5. The molecule has 0 aliphatic heterocycles.